The molecule has 0 aromatic rings. The molecule has 0 aliphatic heterocycles. The fourth-order valence-corrected chi connectivity index (χ4v) is 1.19. The Morgan fingerprint density at radius 2 is 1.86 bits per heavy atom. The Kier molecular flexibility index (Phi) is 2.92. The molecule has 1 fully saturated rings. The molecular formula is C8H13F3N2O. The number of rotatable bonds is 2. The van der Waals surface area contributed by atoms with Crippen LogP contribution in [0.2, 0.25) is 0 Å². The third kappa shape index (κ3) is 3.08. The first-order valence-electron chi connectivity index (χ1n) is 4.36. The molecule has 1 aliphatic carbocycles. The quantitative estimate of drug-likeness (QED) is 0.680. The maximum absolute atomic E-state index is 12.1. The Hall–Kier alpha value is -0.940. The molecule has 0 aromatic heterocycles. The van der Waals surface area contributed by atoms with Crippen LogP contribution in [0.15, 0.2) is 0 Å². The van der Waals surface area contributed by atoms with E-state index in [1.165, 1.54) is 19.0 Å². The lowest BCUT2D eigenvalue weighted by molar-refractivity contribution is -0.141. The van der Waals surface area contributed by atoms with Crippen LogP contribution >= 0.6 is 0 Å². The van der Waals surface area contributed by atoms with Gasteiger partial charge in [0.05, 0.1) is 0 Å². The average Bonchev–Trinajstić information content (AvgIpc) is 2.79. The maximum atomic E-state index is 12.1. The molecule has 14 heavy (non-hydrogen) atoms. The van der Waals surface area contributed by atoms with Gasteiger partial charge in [0.25, 0.3) is 0 Å². The minimum atomic E-state index is -4.31. The summed E-state index contributed by atoms with van der Waals surface area (Å²) in [4.78, 5) is 13.4. The Bertz CT molecular complexity index is 223. The van der Waals surface area contributed by atoms with Crippen molar-refractivity contribution in [3.05, 3.63) is 0 Å². The number of carbonyl (C=O) groups is 1. The summed E-state index contributed by atoms with van der Waals surface area (Å²) in [6.07, 6.45) is -2.96. The van der Waals surface area contributed by atoms with Crippen LogP contribution in [-0.2, 0) is 0 Å². The van der Waals surface area contributed by atoms with Crippen molar-refractivity contribution in [2.75, 3.05) is 20.6 Å². The van der Waals surface area contributed by atoms with Crippen LogP contribution in [0.5, 0.6) is 0 Å². The number of amides is 2. The molecule has 2 amide bonds. The Labute approximate surface area is 80.5 Å². The van der Waals surface area contributed by atoms with Crippen molar-refractivity contribution < 1.29 is 18.0 Å². The van der Waals surface area contributed by atoms with Gasteiger partial charge in [-0.2, -0.15) is 13.2 Å². The second-order valence-corrected chi connectivity index (χ2v) is 3.65. The van der Waals surface area contributed by atoms with Crippen LogP contribution in [0.4, 0.5) is 18.0 Å². The Morgan fingerprint density at radius 1 is 1.36 bits per heavy atom. The maximum Gasteiger partial charge on any atom is 0.406 e. The molecule has 1 saturated carbocycles. The highest BCUT2D eigenvalue weighted by atomic mass is 19.4. The lowest BCUT2D eigenvalue weighted by Crippen LogP contribution is -2.45. The second-order valence-electron chi connectivity index (χ2n) is 3.65. The zero-order chi connectivity index (χ0) is 10.9. The zero-order valence-electron chi connectivity index (χ0n) is 8.14. The van der Waals surface area contributed by atoms with Gasteiger partial charge in [0.15, 0.2) is 0 Å². The summed E-state index contributed by atoms with van der Waals surface area (Å²) in [6, 6.07) is -0.781. The third-order valence-electron chi connectivity index (χ3n) is 1.97. The summed E-state index contributed by atoms with van der Waals surface area (Å²) < 4.78 is 36.3. The third-order valence-corrected chi connectivity index (χ3v) is 1.97. The molecule has 1 rings (SSSR count). The number of urea groups is 1. The van der Waals surface area contributed by atoms with Gasteiger partial charge in [-0.05, 0) is 12.8 Å². The predicted octanol–water partition coefficient (Wildman–Crippen LogP) is 1.69. The highest BCUT2D eigenvalue weighted by Gasteiger charge is 2.41. The van der Waals surface area contributed by atoms with Crippen molar-refractivity contribution in [3.63, 3.8) is 0 Å². The first-order chi connectivity index (χ1) is 6.31. The van der Waals surface area contributed by atoms with Gasteiger partial charge in [0.1, 0.15) is 6.54 Å². The Morgan fingerprint density at radius 3 is 2.14 bits per heavy atom. The topological polar surface area (TPSA) is 23.6 Å². The highest BCUT2D eigenvalue weighted by Crippen LogP contribution is 2.30. The fraction of sp³-hybridized carbons (Fsp3) is 0.875. The van der Waals surface area contributed by atoms with Gasteiger partial charge in [-0.25, -0.2) is 4.79 Å². The zero-order valence-corrected chi connectivity index (χ0v) is 8.14. The standard InChI is InChI=1S/C8H13F3N2O/c1-12(2)7(14)13(6-3-4-6)5-8(9,10)11/h6H,3-5H2,1-2H3. The molecule has 0 unspecified atom stereocenters. The summed E-state index contributed by atoms with van der Waals surface area (Å²) >= 11 is 0. The van der Waals surface area contributed by atoms with Crippen molar-refractivity contribution in [3.8, 4) is 0 Å². The minimum absolute atomic E-state index is 0.216. The number of halogens is 3. The highest BCUT2D eigenvalue weighted by molar-refractivity contribution is 5.74. The van der Waals surface area contributed by atoms with E-state index in [-0.39, 0.29) is 6.04 Å². The number of nitrogens with zero attached hydrogens (tertiary/aromatic N) is 2. The van der Waals surface area contributed by atoms with Gasteiger partial charge in [-0.15, -0.1) is 0 Å². The fourth-order valence-electron chi connectivity index (χ4n) is 1.19. The van der Waals surface area contributed by atoms with E-state index in [4.69, 9.17) is 0 Å². The second kappa shape index (κ2) is 3.67. The van der Waals surface area contributed by atoms with Crippen molar-refractivity contribution in [1.82, 2.24) is 9.80 Å². The monoisotopic (exact) mass is 210 g/mol. The van der Waals surface area contributed by atoms with Gasteiger partial charge < -0.3 is 9.80 Å². The molecule has 0 spiro atoms. The van der Waals surface area contributed by atoms with E-state index >= 15 is 0 Å². The largest absolute Gasteiger partial charge is 0.406 e. The van der Waals surface area contributed by atoms with E-state index in [9.17, 15) is 18.0 Å². The number of carbonyl (C=O) groups excluding carboxylic acids is 1. The first-order valence-corrected chi connectivity index (χ1v) is 4.36. The number of alkyl halides is 3. The summed E-state index contributed by atoms with van der Waals surface area (Å²) in [5, 5.41) is 0. The van der Waals surface area contributed by atoms with Crippen LogP contribution in [-0.4, -0.2) is 48.7 Å². The molecule has 1 aliphatic rings. The van der Waals surface area contributed by atoms with Crippen LogP contribution in [0.1, 0.15) is 12.8 Å². The lowest BCUT2D eigenvalue weighted by Gasteiger charge is -2.26. The Balaban J connectivity index is 2.60. The van der Waals surface area contributed by atoms with Crippen molar-refractivity contribution in [1.29, 1.82) is 0 Å². The number of hydrogen-bond donors (Lipinski definition) is 0. The smallest absolute Gasteiger partial charge is 0.331 e. The van der Waals surface area contributed by atoms with Gasteiger partial charge in [-0.3, -0.25) is 0 Å². The minimum Gasteiger partial charge on any atom is -0.331 e. The van der Waals surface area contributed by atoms with Crippen molar-refractivity contribution >= 4 is 6.03 Å². The SMILES string of the molecule is CN(C)C(=O)N(CC(F)(F)F)C1CC1. The molecule has 0 heterocycles. The normalized spacial score (nSPS) is 16.6. The van der Waals surface area contributed by atoms with Crippen LogP contribution < -0.4 is 0 Å². The van der Waals surface area contributed by atoms with E-state index in [1.54, 1.807) is 0 Å². The van der Waals surface area contributed by atoms with Crippen molar-refractivity contribution in [2.45, 2.75) is 25.1 Å². The average molecular weight is 210 g/mol. The lowest BCUT2D eigenvalue weighted by atomic mass is 10.4. The van der Waals surface area contributed by atoms with Gasteiger partial charge in [0.2, 0.25) is 0 Å². The molecule has 82 valence electrons. The van der Waals surface area contributed by atoms with E-state index in [0.717, 1.165) is 4.90 Å². The molecule has 0 atom stereocenters. The molecule has 0 bridgehead atoms. The molecule has 0 saturated heterocycles. The van der Waals surface area contributed by atoms with Crippen LogP contribution in [0, 0.1) is 0 Å². The molecular weight excluding hydrogens is 197 g/mol. The van der Waals surface area contributed by atoms with E-state index < -0.39 is 18.8 Å². The number of hydrogen-bond acceptors (Lipinski definition) is 1. The summed E-state index contributed by atoms with van der Waals surface area (Å²) in [6.45, 7) is -1.14. The predicted molar refractivity (Wildman–Crippen MR) is 44.9 cm³/mol. The van der Waals surface area contributed by atoms with E-state index in [0.29, 0.717) is 12.8 Å². The van der Waals surface area contributed by atoms with Crippen LogP contribution in [0.25, 0.3) is 0 Å². The van der Waals surface area contributed by atoms with Gasteiger partial charge in [0, 0.05) is 20.1 Å². The molecule has 6 heteroatoms. The summed E-state index contributed by atoms with van der Waals surface area (Å²) in [7, 11) is 2.90. The van der Waals surface area contributed by atoms with Crippen molar-refractivity contribution in [2.24, 2.45) is 0 Å². The first kappa shape index (κ1) is 11.1. The molecule has 0 aromatic carbocycles. The summed E-state index contributed by atoms with van der Waals surface area (Å²) in [5.41, 5.74) is 0. The van der Waals surface area contributed by atoms with Crippen LogP contribution in [0.3, 0.4) is 0 Å². The molecule has 3 nitrogen and oxygen atoms in total. The van der Waals surface area contributed by atoms with E-state index in [1.807, 2.05) is 0 Å². The molecule has 0 N–H and O–H groups in total. The van der Waals surface area contributed by atoms with E-state index in [2.05, 4.69) is 0 Å². The van der Waals surface area contributed by atoms with Gasteiger partial charge >= 0.3 is 12.2 Å². The summed E-state index contributed by atoms with van der Waals surface area (Å²) in [5.74, 6) is 0. The molecule has 0 radical (unpaired) electrons. The van der Waals surface area contributed by atoms with Gasteiger partial charge in [-0.1, -0.05) is 0 Å².